The molecular formula is C19H24ClNO3. The van der Waals surface area contributed by atoms with Gasteiger partial charge in [0.2, 0.25) is 0 Å². The highest BCUT2D eigenvalue weighted by atomic mass is 35.5. The van der Waals surface area contributed by atoms with Crippen LogP contribution in [0.1, 0.15) is 16.7 Å². The van der Waals surface area contributed by atoms with Gasteiger partial charge in [0.05, 0.1) is 7.11 Å². The zero-order valence-corrected chi connectivity index (χ0v) is 15.4. The van der Waals surface area contributed by atoms with Crippen molar-refractivity contribution in [3.63, 3.8) is 0 Å². The zero-order valence-electron chi connectivity index (χ0n) is 14.6. The molecule has 0 unspecified atom stereocenters. The summed E-state index contributed by atoms with van der Waals surface area (Å²) in [5.41, 5.74) is 3.15. The van der Waals surface area contributed by atoms with Crippen LogP contribution in [0.15, 0.2) is 30.3 Å². The van der Waals surface area contributed by atoms with Gasteiger partial charge in [-0.1, -0.05) is 17.7 Å². The topological polar surface area (TPSA) is 39.7 Å². The molecule has 5 heteroatoms. The number of nitrogens with one attached hydrogen (secondary N) is 1. The third-order valence-corrected chi connectivity index (χ3v) is 4.22. The summed E-state index contributed by atoms with van der Waals surface area (Å²) >= 11 is 6.17. The van der Waals surface area contributed by atoms with E-state index >= 15 is 0 Å². The number of benzene rings is 2. The van der Waals surface area contributed by atoms with Gasteiger partial charge in [0.15, 0.2) is 11.5 Å². The monoisotopic (exact) mass is 349 g/mol. The molecule has 0 amide bonds. The van der Waals surface area contributed by atoms with Gasteiger partial charge >= 0.3 is 0 Å². The molecule has 130 valence electrons. The molecule has 2 aromatic carbocycles. The molecule has 0 saturated carbocycles. The normalized spacial score (nSPS) is 10.5. The Morgan fingerprint density at radius 1 is 0.958 bits per heavy atom. The smallest absolute Gasteiger partial charge is 0.161 e. The number of halogens is 1. The Hall–Kier alpha value is -1.91. The van der Waals surface area contributed by atoms with Crippen molar-refractivity contribution in [2.75, 3.05) is 27.4 Å². The van der Waals surface area contributed by atoms with Crippen molar-refractivity contribution in [2.24, 2.45) is 0 Å². The van der Waals surface area contributed by atoms with Gasteiger partial charge in [-0.05, 0) is 61.9 Å². The van der Waals surface area contributed by atoms with Gasteiger partial charge in [-0.25, -0.2) is 0 Å². The van der Waals surface area contributed by atoms with Crippen molar-refractivity contribution in [2.45, 2.75) is 20.4 Å². The van der Waals surface area contributed by atoms with Crippen LogP contribution in [0, 0.1) is 13.8 Å². The minimum Gasteiger partial charge on any atom is -0.493 e. The van der Waals surface area contributed by atoms with Crippen molar-refractivity contribution < 1.29 is 14.2 Å². The maximum atomic E-state index is 6.17. The quantitative estimate of drug-likeness (QED) is 0.727. The van der Waals surface area contributed by atoms with Gasteiger partial charge in [-0.15, -0.1) is 0 Å². The van der Waals surface area contributed by atoms with Gasteiger partial charge in [0.1, 0.15) is 19.0 Å². The Labute approximate surface area is 148 Å². The second kappa shape index (κ2) is 8.81. The van der Waals surface area contributed by atoms with E-state index in [-0.39, 0.29) is 0 Å². The van der Waals surface area contributed by atoms with E-state index in [1.807, 2.05) is 51.2 Å². The van der Waals surface area contributed by atoms with E-state index in [9.17, 15) is 0 Å². The molecule has 0 radical (unpaired) electrons. The Kier molecular flexibility index (Phi) is 6.76. The summed E-state index contributed by atoms with van der Waals surface area (Å²) in [5, 5.41) is 3.90. The Morgan fingerprint density at radius 3 is 2.25 bits per heavy atom. The first-order chi connectivity index (χ1) is 11.5. The van der Waals surface area contributed by atoms with E-state index in [1.54, 1.807) is 7.11 Å². The molecule has 0 aliphatic carbocycles. The molecule has 0 aliphatic heterocycles. The third kappa shape index (κ3) is 4.79. The van der Waals surface area contributed by atoms with Gasteiger partial charge in [-0.2, -0.15) is 0 Å². The summed E-state index contributed by atoms with van der Waals surface area (Å²) in [4.78, 5) is 0. The molecule has 0 spiro atoms. The van der Waals surface area contributed by atoms with Crippen LogP contribution in [0.4, 0.5) is 0 Å². The fourth-order valence-corrected chi connectivity index (χ4v) is 2.56. The summed E-state index contributed by atoms with van der Waals surface area (Å²) < 4.78 is 16.9. The van der Waals surface area contributed by atoms with Crippen LogP contribution >= 0.6 is 11.6 Å². The predicted octanol–water partition coefficient (Wildman–Crippen LogP) is 4.14. The first-order valence-electron chi connectivity index (χ1n) is 7.89. The van der Waals surface area contributed by atoms with Crippen LogP contribution in [-0.4, -0.2) is 27.4 Å². The van der Waals surface area contributed by atoms with Gasteiger partial charge in [-0.3, -0.25) is 0 Å². The van der Waals surface area contributed by atoms with E-state index in [0.717, 1.165) is 39.8 Å². The number of hydrogen-bond donors (Lipinski definition) is 1. The summed E-state index contributed by atoms with van der Waals surface area (Å²) in [5.74, 6) is 2.24. The molecule has 0 heterocycles. The number of rotatable bonds is 8. The average Bonchev–Trinajstić information content (AvgIpc) is 2.57. The first-order valence-corrected chi connectivity index (χ1v) is 8.26. The molecule has 0 aromatic heterocycles. The van der Waals surface area contributed by atoms with E-state index in [2.05, 4.69) is 5.32 Å². The Bertz CT molecular complexity index is 665. The largest absolute Gasteiger partial charge is 0.493 e. The summed E-state index contributed by atoms with van der Waals surface area (Å²) in [7, 11) is 3.55. The van der Waals surface area contributed by atoms with E-state index < -0.39 is 0 Å². The molecule has 0 atom stereocenters. The number of aryl methyl sites for hydroxylation is 2. The second-order valence-electron chi connectivity index (χ2n) is 5.58. The van der Waals surface area contributed by atoms with Gasteiger partial charge in [0, 0.05) is 11.6 Å². The molecule has 4 nitrogen and oxygen atoms in total. The summed E-state index contributed by atoms with van der Waals surface area (Å²) in [6.45, 7) is 5.59. The molecule has 2 aromatic rings. The molecule has 24 heavy (non-hydrogen) atoms. The highest BCUT2D eigenvalue weighted by Gasteiger charge is 2.07. The van der Waals surface area contributed by atoms with Crippen molar-refractivity contribution >= 4 is 11.6 Å². The molecule has 0 fully saturated rings. The first kappa shape index (κ1) is 18.4. The van der Waals surface area contributed by atoms with Crippen LogP contribution in [-0.2, 0) is 6.54 Å². The predicted molar refractivity (Wildman–Crippen MR) is 97.7 cm³/mol. The van der Waals surface area contributed by atoms with Crippen LogP contribution < -0.4 is 19.5 Å². The highest BCUT2D eigenvalue weighted by molar-refractivity contribution is 6.32. The van der Waals surface area contributed by atoms with Crippen LogP contribution in [0.2, 0.25) is 5.02 Å². The maximum Gasteiger partial charge on any atom is 0.161 e. The van der Waals surface area contributed by atoms with Gasteiger partial charge in [0.25, 0.3) is 0 Å². The van der Waals surface area contributed by atoms with Crippen LogP contribution in [0.3, 0.4) is 0 Å². The lowest BCUT2D eigenvalue weighted by Gasteiger charge is -2.14. The molecule has 1 N–H and O–H groups in total. The number of hydrogen-bond acceptors (Lipinski definition) is 4. The lowest BCUT2D eigenvalue weighted by molar-refractivity contribution is 0.211. The van der Waals surface area contributed by atoms with Crippen molar-refractivity contribution in [1.29, 1.82) is 0 Å². The molecule has 0 bridgehead atoms. The maximum absolute atomic E-state index is 6.17. The summed E-state index contributed by atoms with van der Waals surface area (Å²) in [6.07, 6.45) is 0. The lowest BCUT2D eigenvalue weighted by atomic mass is 10.1. The Balaban J connectivity index is 1.93. The summed E-state index contributed by atoms with van der Waals surface area (Å²) in [6, 6.07) is 9.77. The van der Waals surface area contributed by atoms with Crippen LogP contribution in [0.5, 0.6) is 17.2 Å². The van der Waals surface area contributed by atoms with E-state index in [0.29, 0.717) is 19.0 Å². The highest BCUT2D eigenvalue weighted by Crippen LogP contribution is 2.28. The van der Waals surface area contributed by atoms with E-state index in [1.165, 1.54) is 0 Å². The standard InChI is InChI=1S/C19H24ClNO3/c1-13-9-16(10-14(2)19(13)20)23-7-8-24-18-11-15(12-21-3)5-6-17(18)22-4/h5-6,9-11,21H,7-8,12H2,1-4H3. The molecule has 2 rings (SSSR count). The van der Waals surface area contributed by atoms with E-state index in [4.69, 9.17) is 25.8 Å². The van der Waals surface area contributed by atoms with Crippen molar-refractivity contribution in [3.8, 4) is 17.2 Å². The molecular weight excluding hydrogens is 326 g/mol. The SMILES string of the molecule is CNCc1ccc(OC)c(OCCOc2cc(C)c(Cl)c(C)c2)c1. The zero-order chi connectivity index (χ0) is 17.5. The third-order valence-electron chi connectivity index (χ3n) is 3.63. The minimum absolute atomic E-state index is 0.431. The van der Waals surface area contributed by atoms with Crippen molar-refractivity contribution in [3.05, 3.63) is 52.0 Å². The number of ether oxygens (including phenoxy) is 3. The fraction of sp³-hybridized carbons (Fsp3) is 0.368. The van der Waals surface area contributed by atoms with Crippen molar-refractivity contribution in [1.82, 2.24) is 5.32 Å². The molecule has 0 aliphatic rings. The molecule has 0 saturated heterocycles. The van der Waals surface area contributed by atoms with Crippen LogP contribution in [0.25, 0.3) is 0 Å². The van der Waals surface area contributed by atoms with Gasteiger partial charge < -0.3 is 19.5 Å². The minimum atomic E-state index is 0.431. The average molecular weight is 350 g/mol. The second-order valence-corrected chi connectivity index (χ2v) is 5.96. The lowest BCUT2D eigenvalue weighted by Crippen LogP contribution is -2.11. The fourth-order valence-electron chi connectivity index (χ4n) is 2.45. The Morgan fingerprint density at radius 2 is 1.62 bits per heavy atom. The number of methoxy groups -OCH3 is 1.